The Kier molecular flexibility index (Phi) is 17.7. The minimum atomic E-state index is 0. The van der Waals surface area contributed by atoms with Crippen LogP contribution in [0.4, 0.5) is 0 Å². The van der Waals surface area contributed by atoms with Crippen molar-refractivity contribution in [3.05, 3.63) is 61.9 Å². The molecule has 0 radical (unpaired) electrons. The molecule has 3 heteroatoms. The predicted molar refractivity (Wildman–Crippen MR) is 109 cm³/mol. The summed E-state index contributed by atoms with van der Waals surface area (Å²) in [6.45, 7) is 18.5. The zero-order valence-corrected chi connectivity index (χ0v) is 18.8. The van der Waals surface area contributed by atoms with Gasteiger partial charge < -0.3 is 24.5 Å². The van der Waals surface area contributed by atoms with Gasteiger partial charge in [-0.2, -0.15) is 12.8 Å². The van der Waals surface area contributed by atoms with Crippen LogP contribution in [0.15, 0.2) is 48.1 Å². The van der Waals surface area contributed by atoms with Gasteiger partial charge in [0, 0.05) is 23.8 Å². The van der Waals surface area contributed by atoms with Gasteiger partial charge in [-0.1, -0.05) is 65.4 Å². The van der Waals surface area contributed by atoms with E-state index in [1.54, 1.807) is 0 Å². The van der Waals surface area contributed by atoms with Crippen molar-refractivity contribution >= 4 is 0 Å². The molecule has 1 aliphatic heterocycles. The third kappa shape index (κ3) is 11.5. The number of unbranched alkanes of at least 4 members (excludes halogenated alkanes) is 4. The molecule has 1 rings (SSSR count). The van der Waals surface area contributed by atoms with Gasteiger partial charge in [-0.3, -0.25) is 0 Å². The van der Waals surface area contributed by atoms with Crippen LogP contribution in [-0.4, -0.2) is 4.90 Å². The maximum Gasteiger partial charge on any atom is 2.00 e. The molecule has 0 bridgehead atoms. The topological polar surface area (TPSA) is 29.3 Å². The Morgan fingerprint density at radius 2 is 1.72 bits per heavy atom. The van der Waals surface area contributed by atoms with Gasteiger partial charge in [-0.05, 0) is 24.1 Å². The molecule has 0 saturated heterocycles. The summed E-state index contributed by atoms with van der Waals surface area (Å²) in [7, 11) is 0. The van der Waals surface area contributed by atoms with Crippen molar-refractivity contribution in [3.63, 3.8) is 0 Å². The van der Waals surface area contributed by atoms with Crippen LogP contribution < -0.4 is 5.73 Å². The van der Waals surface area contributed by atoms with Gasteiger partial charge >= 0.3 is 21.1 Å². The van der Waals surface area contributed by atoms with E-state index in [1.807, 2.05) is 24.2 Å². The van der Waals surface area contributed by atoms with Crippen LogP contribution >= 0.6 is 0 Å². The Labute approximate surface area is 171 Å². The van der Waals surface area contributed by atoms with E-state index in [2.05, 4.69) is 46.4 Å². The molecule has 25 heavy (non-hydrogen) atoms. The Hall–Kier alpha value is -0.752. The Morgan fingerprint density at radius 3 is 2.12 bits per heavy atom. The molecular weight excluding hydrogens is 487 g/mol. The number of nitrogens with two attached hydrogens (primary N) is 1. The molecule has 0 spiro atoms. The van der Waals surface area contributed by atoms with Crippen molar-refractivity contribution in [1.29, 1.82) is 0 Å². The van der Waals surface area contributed by atoms with Crippen LogP contribution in [-0.2, 0) is 21.1 Å². The van der Waals surface area contributed by atoms with Crippen LogP contribution in [0.1, 0.15) is 72.1 Å². The summed E-state index contributed by atoms with van der Waals surface area (Å²) in [5, 5.41) is 0. The molecule has 2 N–H and O–H groups in total. The molecule has 146 valence electrons. The number of nitrogens with zero attached hydrogens (tertiary/aromatic N) is 1. The van der Waals surface area contributed by atoms with E-state index in [0.29, 0.717) is 5.92 Å². The molecule has 0 aliphatic carbocycles. The van der Waals surface area contributed by atoms with Crippen molar-refractivity contribution in [2.24, 2.45) is 11.7 Å². The summed E-state index contributed by atoms with van der Waals surface area (Å²) in [6.07, 6.45) is 17.7. The number of hydrogen-bond acceptors (Lipinski definition) is 2. The van der Waals surface area contributed by atoms with Gasteiger partial charge in [-0.15, -0.1) is 0 Å². The molecular formula is C22H38N2Pt. The predicted octanol–water partition coefficient (Wildman–Crippen LogP) is 6.50. The second-order valence-electron chi connectivity index (χ2n) is 6.25. The average molecular weight is 526 g/mol. The summed E-state index contributed by atoms with van der Waals surface area (Å²) in [6, 6.07) is 0. The summed E-state index contributed by atoms with van der Waals surface area (Å²) < 4.78 is 0. The molecule has 0 fully saturated rings. The first-order chi connectivity index (χ1) is 11.5. The monoisotopic (exact) mass is 525 g/mol. The molecule has 1 aliphatic rings. The van der Waals surface area contributed by atoms with Crippen LogP contribution in [0.25, 0.3) is 0 Å². The number of allylic oxidation sites excluding steroid dienone is 4. The summed E-state index contributed by atoms with van der Waals surface area (Å²) >= 11 is 0. The molecule has 1 heterocycles. The average Bonchev–Trinajstić information content (AvgIpc) is 2.59. The number of hydrogen-bond donors (Lipinski definition) is 1. The second-order valence-corrected chi connectivity index (χ2v) is 6.25. The molecule has 0 saturated carbocycles. The van der Waals surface area contributed by atoms with Crippen LogP contribution in [0.5, 0.6) is 0 Å². The smallest absolute Gasteiger partial charge is 0.401 e. The molecule has 0 atom stereocenters. The molecule has 0 unspecified atom stereocenters. The maximum atomic E-state index is 5.82. The normalized spacial score (nSPS) is 14.0. The maximum absolute atomic E-state index is 5.82. The summed E-state index contributed by atoms with van der Waals surface area (Å²) in [4.78, 5) is 1.95. The summed E-state index contributed by atoms with van der Waals surface area (Å²) in [5.41, 5.74) is 8.85. The number of rotatable bonds is 9. The van der Waals surface area contributed by atoms with E-state index in [1.165, 1.54) is 37.7 Å². The largest absolute Gasteiger partial charge is 2.00 e. The van der Waals surface area contributed by atoms with Crippen molar-refractivity contribution in [1.82, 2.24) is 4.90 Å². The SMILES string of the molecule is C=C1C=C(C(C[CH2-])C[CH2-])C=CN1/C=C(\N)CC.CCCCCCC.[Pt+2]. The molecule has 0 aromatic heterocycles. The zero-order chi connectivity index (χ0) is 18.4. The van der Waals surface area contributed by atoms with E-state index >= 15 is 0 Å². The van der Waals surface area contributed by atoms with E-state index < -0.39 is 0 Å². The first-order valence-electron chi connectivity index (χ1n) is 9.45. The van der Waals surface area contributed by atoms with Gasteiger partial charge in [-0.25, -0.2) is 0 Å². The molecule has 0 amide bonds. The van der Waals surface area contributed by atoms with E-state index in [0.717, 1.165) is 30.7 Å². The second kappa shape index (κ2) is 16.7. The zero-order valence-electron chi connectivity index (χ0n) is 16.5. The fraction of sp³-hybridized carbons (Fsp3) is 0.545. The molecule has 0 aromatic carbocycles. The standard InChI is InChI=1S/C15H22N2.C7H16.Pt/c1-5-13(6-2)14-8-9-17(12(4)10-14)11-15(16)7-3;1-3-5-7-6-4-2;/h8-11,13H,1-2,4-7,16H2,3H3;3-7H2,1-2H3;/q-2;;+2/b15-11-;;. The van der Waals surface area contributed by atoms with Crippen molar-refractivity contribution in [2.75, 3.05) is 0 Å². The van der Waals surface area contributed by atoms with Crippen LogP contribution in [0.3, 0.4) is 0 Å². The fourth-order valence-electron chi connectivity index (χ4n) is 2.38. The molecule has 2 nitrogen and oxygen atoms in total. The van der Waals surface area contributed by atoms with Gasteiger partial charge in [0.15, 0.2) is 0 Å². The van der Waals surface area contributed by atoms with E-state index in [-0.39, 0.29) is 21.1 Å². The first kappa shape index (κ1) is 26.5. The Morgan fingerprint density at radius 1 is 1.16 bits per heavy atom. The van der Waals surface area contributed by atoms with Crippen molar-refractivity contribution in [2.45, 2.75) is 72.1 Å². The Bertz CT molecular complexity index is 427. The van der Waals surface area contributed by atoms with Gasteiger partial charge in [0.2, 0.25) is 0 Å². The van der Waals surface area contributed by atoms with Crippen molar-refractivity contribution in [3.8, 4) is 0 Å². The van der Waals surface area contributed by atoms with Crippen LogP contribution in [0, 0.1) is 19.8 Å². The minimum Gasteiger partial charge on any atom is -0.401 e. The molecule has 0 aromatic rings. The third-order valence-corrected chi connectivity index (χ3v) is 4.18. The van der Waals surface area contributed by atoms with Gasteiger partial charge in [0.25, 0.3) is 0 Å². The van der Waals surface area contributed by atoms with Gasteiger partial charge in [0.05, 0.1) is 0 Å². The Balaban J connectivity index is 0. The minimum absolute atomic E-state index is 0. The van der Waals surface area contributed by atoms with E-state index in [9.17, 15) is 0 Å². The van der Waals surface area contributed by atoms with Crippen LogP contribution in [0.2, 0.25) is 0 Å². The fourth-order valence-corrected chi connectivity index (χ4v) is 2.38. The van der Waals surface area contributed by atoms with Crippen molar-refractivity contribution < 1.29 is 21.1 Å². The first-order valence-corrected chi connectivity index (χ1v) is 9.45. The van der Waals surface area contributed by atoms with Gasteiger partial charge in [0.1, 0.15) is 0 Å². The van der Waals surface area contributed by atoms with E-state index in [4.69, 9.17) is 5.73 Å². The summed E-state index contributed by atoms with van der Waals surface area (Å²) in [5.74, 6) is 0.414. The third-order valence-electron chi connectivity index (χ3n) is 4.18. The quantitative estimate of drug-likeness (QED) is 0.275.